The summed E-state index contributed by atoms with van der Waals surface area (Å²) in [4.78, 5) is 14.5. The fraction of sp³-hybridized carbons (Fsp3) is 0.533. The minimum Gasteiger partial charge on any atom is -0.372 e. The van der Waals surface area contributed by atoms with Crippen molar-refractivity contribution in [2.45, 2.75) is 38.6 Å². The van der Waals surface area contributed by atoms with Crippen molar-refractivity contribution in [1.29, 1.82) is 0 Å². The molecule has 1 aromatic carbocycles. The minimum absolute atomic E-state index is 0.200. The number of nitrogens with one attached hydrogen (secondary N) is 1. The van der Waals surface area contributed by atoms with Crippen LogP contribution < -0.4 is 5.32 Å². The number of carbonyl (C=O) groups excluding carboxylic acids is 1. The molecule has 1 amide bonds. The second-order valence-corrected chi connectivity index (χ2v) is 5.47. The normalized spacial score (nSPS) is 16.4. The number of para-hydroxylation sites is 1. The number of nitrogens with zero attached hydrogens (tertiary/aromatic N) is 1. The van der Waals surface area contributed by atoms with Crippen LogP contribution in [0.2, 0.25) is 0 Å². The molecule has 0 atom stereocenters. The van der Waals surface area contributed by atoms with E-state index in [0.717, 1.165) is 31.6 Å². The van der Waals surface area contributed by atoms with Crippen molar-refractivity contribution in [3.05, 3.63) is 30.3 Å². The van der Waals surface area contributed by atoms with Crippen LogP contribution in [0.4, 0.5) is 5.69 Å². The summed E-state index contributed by atoms with van der Waals surface area (Å²) in [5.74, 6) is 0.200. The van der Waals surface area contributed by atoms with Crippen LogP contribution in [0, 0.1) is 0 Å². The molecule has 0 radical (unpaired) electrons. The first kappa shape index (κ1) is 12.9. The van der Waals surface area contributed by atoms with E-state index in [-0.39, 0.29) is 5.91 Å². The lowest BCUT2D eigenvalue weighted by molar-refractivity contribution is -0.135. The molecule has 1 N–H and O–H groups in total. The number of likely N-dealkylation sites (tertiary alicyclic amines) is 1. The van der Waals surface area contributed by atoms with Crippen LogP contribution in [0.3, 0.4) is 0 Å². The van der Waals surface area contributed by atoms with Crippen LogP contribution in [-0.4, -0.2) is 29.4 Å². The van der Waals surface area contributed by atoms with Crippen molar-refractivity contribution in [3.63, 3.8) is 0 Å². The summed E-state index contributed by atoms with van der Waals surface area (Å²) in [6.45, 7) is 5.71. The lowest BCUT2D eigenvalue weighted by Crippen LogP contribution is -2.51. The van der Waals surface area contributed by atoms with Gasteiger partial charge in [0.2, 0.25) is 5.91 Å². The molecule has 0 spiro atoms. The second kappa shape index (κ2) is 5.42. The Kier molecular flexibility index (Phi) is 3.90. The Labute approximate surface area is 109 Å². The van der Waals surface area contributed by atoms with Crippen molar-refractivity contribution in [2.24, 2.45) is 0 Å². The summed E-state index contributed by atoms with van der Waals surface area (Å²) < 4.78 is 0. The zero-order valence-corrected chi connectivity index (χ0v) is 11.3. The first-order valence-corrected chi connectivity index (χ1v) is 6.72. The fourth-order valence-corrected chi connectivity index (χ4v) is 2.43. The second-order valence-electron chi connectivity index (χ2n) is 5.47. The summed E-state index contributed by atoms with van der Waals surface area (Å²) in [5, 5.41) is 3.32. The fourth-order valence-electron chi connectivity index (χ4n) is 2.43. The Morgan fingerprint density at radius 3 is 2.33 bits per heavy atom. The molecular formula is C15H22N2O. The molecule has 1 heterocycles. The number of carbonyl (C=O) groups is 1. The highest BCUT2D eigenvalue weighted by atomic mass is 16.2. The first-order chi connectivity index (χ1) is 8.59. The quantitative estimate of drug-likeness (QED) is 0.889. The maximum atomic E-state index is 12.5. The van der Waals surface area contributed by atoms with E-state index < -0.39 is 5.54 Å². The number of benzene rings is 1. The molecule has 1 aliphatic heterocycles. The minimum atomic E-state index is -0.543. The summed E-state index contributed by atoms with van der Waals surface area (Å²) >= 11 is 0. The van der Waals surface area contributed by atoms with Crippen molar-refractivity contribution < 1.29 is 4.79 Å². The van der Waals surface area contributed by atoms with E-state index in [1.54, 1.807) is 0 Å². The van der Waals surface area contributed by atoms with E-state index in [4.69, 9.17) is 0 Å². The Hall–Kier alpha value is -1.51. The van der Waals surface area contributed by atoms with Gasteiger partial charge in [-0.3, -0.25) is 4.79 Å². The van der Waals surface area contributed by atoms with Crippen molar-refractivity contribution in [3.8, 4) is 0 Å². The van der Waals surface area contributed by atoms with E-state index in [0.29, 0.717) is 0 Å². The van der Waals surface area contributed by atoms with Gasteiger partial charge in [0.15, 0.2) is 0 Å². The lowest BCUT2D eigenvalue weighted by Gasteiger charge is -2.35. The highest BCUT2D eigenvalue weighted by molar-refractivity contribution is 5.88. The van der Waals surface area contributed by atoms with Gasteiger partial charge in [0, 0.05) is 18.8 Å². The van der Waals surface area contributed by atoms with Gasteiger partial charge in [0.05, 0.1) is 0 Å². The average Bonchev–Trinajstić information content (AvgIpc) is 2.39. The van der Waals surface area contributed by atoms with Gasteiger partial charge in [-0.15, -0.1) is 0 Å². The third kappa shape index (κ3) is 3.03. The van der Waals surface area contributed by atoms with Crippen molar-refractivity contribution >= 4 is 11.6 Å². The molecule has 0 aliphatic carbocycles. The van der Waals surface area contributed by atoms with E-state index >= 15 is 0 Å². The standard InChI is InChI=1S/C15H22N2O/c1-15(2,16-13-9-5-3-6-10-13)14(18)17-11-7-4-8-12-17/h3,5-6,9-10,16H,4,7-8,11-12H2,1-2H3. The van der Waals surface area contributed by atoms with Gasteiger partial charge in [-0.25, -0.2) is 0 Å². The first-order valence-electron chi connectivity index (χ1n) is 6.72. The van der Waals surface area contributed by atoms with Gasteiger partial charge < -0.3 is 10.2 Å². The number of hydrogen-bond acceptors (Lipinski definition) is 2. The zero-order valence-electron chi connectivity index (χ0n) is 11.3. The van der Waals surface area contributed by atoms with Crippen LogP contribution >= 0.6 is 0 Å². The van der Waals surface area contributed by atoms with Gasteiger partial charge in [-0.1, -0.05) is 18.2 Å². The molecule has 1 fully saturated rings. The SMILES string of the molecule is CC(C)(Nc1ccccc1)C(=O)N1CCCCC1. The monoisotopic (exact) mass is 246 g/mol. The third-order valence-electron chi connectivity index (χ3n) is 3.41. The summed E-state index contributed by atoms with van der Waals surface area (Å²) in [6.07, 6.45) is 3.51. The molecule has 1 saturated heterocycles. The van der Waals surface area contributed by atoms with E-state index in [9.17, 15) is 4.79 Å². The summed E-state index contributed by atoms with van der Waals surface area (Å²) in [5.41, 5.74) is 0.450. The van der Waals surface area contributed by atoms with E-state index in [2.05, 4.69) is 5.32 Å². The molecular weight excluding hydrogens is 224 g/mol. The maximum Gasteiger partial charge on any atom is 0.247 e. The van der Waals surface area contributed by atoms with Crippen LogP contribution in [0.15, 0.2) is 30.3 Å². The van der Waals surface area contributed by atoms with Crippen LogP contribution in [0.25, 0.3) is 0 Å². The van der Waals surface area contributed by atoms with E-state index in [1.165, 1.54) is 6.42 Å². The van der Waals surface area contributed by atoms with Crippen LogP contribution in [0.5, 0.6) is 0 Å². The van der Waals surface area contributed by atoms with Crippen LogP contribution in [0.1, 0.15) is 33.1 Å². The molecule has 18 heavy (non-hydrogen) atoms. The van der Waals surface area contributed by atoms with Gasteiger partial charge in [-0.2, -0.15) is 0 Å². The number of rotatable bonds is 3. The molecule has 98 valence electrons. The Balaban J connectivity index is 2.03. The molecule has 0 aromatic heterocycles. The number of hydrogen-bond donors (Lipinski definition) is 1. The molecule has 1 aliphatic rings. The lowest BCUT2D eigenvalue weighted by atomic mass is 10.0. The summed E-state index contributed by atoms with van der Waals surface area (Å²) in [6, 6.07) is 9.91. The molecule has 0 saturated carbocycles. The number of anilines is 1. The Bertz CT molecular complexity index is 394. The molecule has 2 rings (SSSR count). The molecule has 3 heteroatoms. The zero-order chi connectivity index (χ0) is 13.0. The topological polar surface area (TPSA) is 32.3 Å². The van der Waals surface area contributed by atoms with Crippen LogP contribution in [-0.2, 0) is 4.79 Å². The van der Waals surface area contributed by atoms with Crippen molar-refractivity contribution in [2.75, 3.05) is 18.4 Å². The molecule has 0 unspecified atom stereocenters. The third-order valence-corrected chi connectivity index (χ3v) is 3.41. The molecule has 1 aromatic rings. The average molecular weight is 246 g/mol. The highest BCUT2D eigenvalue weighted by Gasteiger charge is 2.32. The van der Waals surface area contributed by atoms with Gasteiger partial charge in [-0.05, 0) is 45.2 Å². The predicted molar refractivity (Wildman–Crippen MR) is 74.6 cm³/mol. The van der Waals surface area contributed by atoms with Crippen molar-refractivity contribution in [1.82, 2.24) is 4.90 Å². The Morgan fingerprint density at radius 1 is 1.11 bits per heavy atom. The van der Waals surface area contributed by atoms with Gasteiger partial charge in [0.1, 0.15) is 5.54 Å². The van der Waals surface area contributed by atoms with Gasteiger partial charge >= 0.3 is 0 Å². The summed E-state index contributed by atoms with van der Waals surface area (Å²) in [7, 11) is 0. The number of piperidine rings is 1. The molecule has 0 bridgehead atoms. The van der Waals surface area contributed by atoms with Gasteiger partial charge in [0.25, 0.3) is 0 Å². The molecule has 3 nitrogen and oxygen atoms in total. The predicted octanol–water partition coefficient (Wildman–Crippen LogP) is 2.89. The van der Waals surface area contributed by atoms with E-state index in [1.807, 2.05) is 49.1 Å². The maximum absolute atomic E-state index is 12.5. The largest absolute Gasteiger partial charge is 0.372 e. The highest BCUT2D eigenvalue weighted by Crippen LogP contribution is 2.19. The Morgan fingerprint density at radius 2 is 1.72 bits per heavy atom. The smallest absolute Gasteiger partial charge is 0.247 e. The number of amides is 1.